The van der Waals surface area contributed by atoms with Crippen molar-refractivity contribution in [1.29, 1.82) is 0 Å². The van der Waals surface area contributed by atoms with Crippen molar-refractivity contribution in [2.24, 2.45) is 0 Å². The van der Waals surface area contributed by atoms with Crippen LogP contribution in [0.5, 0.6) is 0 Å². The number of aromatic nitrogens is 2. The summed E-state index contributed by atoms with van der Waals surface area (Å²) < 4.78 is 5.76. The fourth-order valence-electron chi connectivity index (χ4n) is 2.18. The molecule has 1 fully saturated rings. The van der Waals surface area contributed by atoms with E-state index in [9.17, 15) is 0 Å². The summed E-state index contributed by atoms with van der Waals surface area (Å²) in [5, 5.41) is 12.3. The second-order valence-corrected chi connectivity index (χ2v) is 4.91. The predicted octanol–water partition coefficient (Wildman–Crippen LogP) is 3.43. The maximum Gasteiger partial charge on any atom is 0.247 e. The number of hydrogen-bond acceptors (Lipinski definition) is 4. The zero-order valence-electron chi connectivity index (χ0n) is 10.3. The van der Waals surface area contributed by atoms with Gasteiger partial charge in [-0.2, -0.15) is 0 Å². The zero-order chi connectivity index (χ0) is 12.4. The summed E-state index contributed by atoms with van der Waals surface area (Å²) in [6.07, 6.45) is 2.12. The Kier molecular flexibility index (Phi) is 4.96. The molecule has 1 N–H and O–H groups in total. The quantitative estimate of drug-likeness (QED) is 0.907. The third-order valence-electron chi connectivity index (χ3n) is 3.22. The minimum Gasteiger partial charge on any atom is -0.420 e. The van der Waals surface area contributed by atoms with E-state index in [4.69, 9.17) is 16.0 Å². The smallest absolute Gasteiger partial charge is 0.247 e. The average Bonchev–Trinajstić information content (AvgIpc) is 2.90. The van der Waals surface area contributed by atoms with Crippen LogP contribution >= 0.6 is 28.6 Å². The lowest BCUT2D eigenvalue weighted by Gasteiger charge is -2.18. The highest BCUT2D eigenvalue weighted by Crippen LogP contribution is 2.27. The first-order valence-corrected chi connectivity index (χ1v) is 6.51. The second kappa shape index (κ2) is 6.50. The van der Waals surface area contributed by atoms with E-state index in [1.54, 1.807) is 0 Å². The largest absolute Gasteiger partial charge is 0.420 e. The van der Waals surface area contributed by atoms with E-state index in [2.05, 4.69) is 15.5 Å². The molecular weight excluding hydrogens is 330 g/mol. The van der Waals surface area contributed by atoms with Gasteiger partial charge in [0.05, 0.1) is 0 Å². The summed E-state index contributed by atoms with van der Waals surface area (Å²) in [4.78, 5) is 0. The van der Waals surface area contributed by atoms with E-state index < -0.39 is 0 Å². The van der Waals surface area contributed by atoms with Gasteiger partial charge < -0.3 is 9.73 Å². The minimum atomic E-state index is 0. The van der Waals surface area contributed by atoms with Crippen LogP contribution in [-0.4, -0.2) is 23.3 Å². The summed E-state index contributed by atoms with van der Waals surface area (Å²) in [6, 6.07) is 7.43. The Labute approximate surface area is 127 Å². The van der Waals surface area contributed by atoms with E-state index in [1.165, 1.54) is 0 Å². The first-order valence-electron chi connectivity index (χ1n) is 6.13. The Bertz CT molecular complexity index is 523. The lowest BCUT2D eigenvalue weighted by molar-refractivity contribution is 0.378. The Morgan fingerprint density at radius 2 is 1.79 bits per heavy atom. The Hall–Kier alpha value is -0.910. The van der Waals surface area contributed by atoms with Crippen LogP contribution in [0.25, 0.3) is 11.5 Å². The fourth-order valence-corrected chi connectivity index (χ4v) is 2.30. The number of benzene rings is 1. The molecule has 19 heavy (non-hydrogen) atoms. The van der Waals surface area contributed by atoms with Crippen molar-refractivity contribution in [3.63, 3.8) is 0 Å². The van der Waals surface area contributed by atoms with Gasteiger partial charge in [-0.25, -0.2) is 0 Å². The third kappa shape index (κ3) is 3.35. The van der Waals surface area contributed by atoms with Crippen LogP contribution in [0.3, 0.4) is 0 Å². The molecule has 4 nitrogen and oxygen atoms in total. The van der Waals surface area contributed by atoms with Gasteiger partial charge in [0, 0.05) is 16.5 Å². The van der Waals surface area contributed by atoms with Gasteiger partial charge in [0.25, 0.3) is 0 Å². The molecule has 0 bridgehead atoms. The molecule has 0 atom stereocenters. The lowest BCUT2D eigenvalue weighted by atomic mass is 9.98. The van der Waals surface area contributed by atoms with Crippen molar-refractivity contribution >= 4 is 28.6 Å². The van der Waals surface area contributed by atoms with Gasteiger partial charge in [-0.05, 0) is 50.2 Å². The van der Waals surface area contributed by atoms with E-state index >= 15 is 0 Å². The van der Waals surface area contributed by atoms with E-state index in [1.807, 2.05) is 24.3 Å². The van der Waals surface area contributed by atoms with E-state index in [0.717, 1.165) is 37.4 Å². The number of nitrogens with one attached hydrogen (secondary N) is 1. The average molecular weight is 345 g/mol. The van der Waals surface area contributed by atoms with Crippen molar-refractivity contribution in [3.05, 3.63) is 35.2 Å². The number of hydrogen-bond donors (Lipinski definition) is 1. The molecular formula is C13H15BrClN3O. The summed E-state index contributed by atoms with van der Waals surface area (Å²) >= 11 is 5.85. The summed E-state index contributed by atoms with van der Waals surface area (Å²) in [5.41, 5.74) is 0.909. The molecule has 2 heterocycles. The molecule has 2 aromatic rings. The van der Waals surface area contributed by atoms with Crippen molar-refractivity contribution < 1.29 is 4.42 Å². The van der Waals surface area contributed by atoms with Crippen molar-refractivity contribution in [3.8, 4) is 11.5 Å². The molecule has 102 valence electrons. The summed E-state index contributed by atoms with van der Waals surface area (Å²) in [5.74, 6) is 1.71. The van der Waals surface area contributed by atoms with E-state index in [-0.39, 0.29) is 17.0 Å². The van der Waals surface area contributed by atoms with Gasteiger partial charge in [-0.1, -0.05) is 11.6 Å². The van der Waals surface area contributed by atoms with Crippen LogP contribution in [0.15, 0.2) is 28.7 Å². The molecule has 1 aromatic heterocycles. The highest BCUT2D eigenvalue weighted by atomic mass is 79.9. The van der Waals surface area contributed by atoms with Gasteiger partial charge in [0.1, 0.15) is 0 Å². The number of halogens is 2. The zero-order valence-corrected chi connectivity index (χ0v) is 12.8. The van der Waals surface area contributed by atoms with Crippen LogP contribution in [0.4, 0.5) is 0 Å². The molecule has 0 radical (unpaired) electrons. The highest BCUT2D eigenvalue weighted by molar-refractivity contribution is 8.93. The van der Waals surface area contributed by atoms with Crippen LogP contribution < -0.4 is 5.32 Å². The fraction of sp³-hybridized carbons (Fsp3) is 0.385. The number of piperidine rings is 1. The molecule has 3 rings (SSSR count). The standard InChI is InChI=1S/C13H14ClN3O.BrH/c14-11-3-1-9(2-4-11)12-16-17-13(18-12)10-5-7-15-8-6-10;/h1-4,10,15H,5-8H2;1H. The summed E-state index contributed by atoms with van der Waals surface area (Å²) in [7, 11) is 0. The maximum absolute atomic E-state index is 5.85. The summed E-state index contributed by atoms with van der Waals surface area (Å²) in [6.45, 7) is 2.03. The molecule has 1 saturated heterocycles. The minimum absolute atomic E-state index is 0. The van der Waals surface area contributed by atoms with Crippen LogP contribution in [0.2, 0.25) is 5.02 Å². The molecule has 0 amide bonds. The Balaban J connectivity index is 0.00000133. The lowest BCUT2D eigenvalue weighted by Crippen LogP contribution is -2.26. The van der Waals surface area contributed by atoms with E-state index in [0.29, 0.717) is 16.8 Å². The molecule has 0 saturated carbocycles. The van der Waals surface area contributed by atoms with Gasteiger partial charge in [-0.3, -0.25) is 0 Å². The monoisotopic (exact) mass is 343 g/mol. The molecule has 1 aromatic carbocycles. The maximum atomic E-state index is 5.85. The second-order valence-electron chi connectivity index (χ2n) is 4.48. The predicted molar refractivity (Wildman–Crippen MR) is 79.9 cm³/mol. The molecule has 1 aliphatic rings. The van der Waals surface area contributed by atoms with Gasteiger partial charge in [0.2, 0.25) is 11.8 Å². The van der Waals surface area contributed by atoms with Crippen molar-refractivity contribution in [2.45, 2.75) is 18.8 Å². The van der Waals surface area contributed by atoms with Gasteiger partial charge in [-0.15, -0.1) is 27.2 Å². The Morgan fingerprint density at radius 3 is 2.47 bits per heavy atom. The van der Waals surface area contributed by atoms with Crippen molar-refractivity contribution in [2.75, 3.05) is 13.1 Å². The molecule has 6 heteroatoms. The third-order valence-corrected chi connectivity index (χ3v) is 3.47. The normalized spacial score (nSPS) is 16.1. The Morgan fingerprint density at radius 1 is 1.11 bits per heavy atom. The molecule has 1 aliphatic heterocycles. The molecule has 0 spiro atoms. The topological polar surface area (TPSA) is 51.0 Å². The van der Waals surface area contributed by atoms with Crippen LogP contribution in [0, 0.1) is 0 Å². The first-order chi connectivity index (χ1) is 8.83. The van der Waals surface area contributed by atoms with Crippen LogP contribution in [0.1, 0.15) is 24.7 Å². The molecule has 0 aliphatic carbocycles. The van der Waals surface area contributed by atoms with Gasteiger partial charge >= 0.3 is 0 Å². The van der Waals surface area contributed by atoms with Gasteiger partial charge in [0.15, 0.2) is 0 Å². The highest BCUT2D eigenvalue weighted by Gasteiger charge is 2.21. The number of nitrogens with zero attached hydrogens (tertiary/aromatic N) is 2. The first kappa shape index (κ1) is 14.5. The van der Waals surface area contributed by atoms with Crippen molar-refractivity contribution in [1.82, 2.24) is 15.5 Å². The van der Waals surface area contributed by atoms with Crippen LogP contribution in [-0.2, 0) is 0 Å². The molecule has 0 unspecified atom stereocenters. The number of rotatable bonds is 2. The SMILES string of the molecule is Br.Clc1ccc(-c2nnc(C3CCNCC3)o2)cc1.